The molecule has 0 aliphatic carbocycles. The molecule has 0 radical (unpaired) electrons. The average molecular weight is 245 g/mol. The van der Waals surface area contributed by atoms with Crippen LogP contribution in [0.2, 0.25) is 0 Å². The van der Waals surface area contributed by atoms with Gasteiger partial charge in [0.2, 0.25) is 0 Å². The maximum absolute atomic E-state index is 7.00. The lowest BCUT2D eigenvalue weighted by atomic mass is 10.1. The summed E-state index contributed by atoms with van der Waals surface area (Å²) in [6.07, 6.45) is 1.08. The van der Waals surface area contributed by atoms with E-state index < -0.39 is 0 Å². The van der Waals surface area contributed by atoms with Gasteiger partial charge in [-0.25, -0.2) is 4.99 Å². The Morgan fingerprint density at radius 3 is 3.11 bits per heavy atom. The number of nitrogen functional groups attached to an aromatic ring is 1. The van der Waals surface area contributed by atoms with E-state index in [0.717, 1.165) is 44.0 Å². The van der Waals surface area contributed by atoms with E-state index in [-0.39, 0.29) is 0 Å². The summed E-state index contributed by atoms with van der Waals surface area (Å²) in [4.78, 5) is 6.31. The second-order valence-electron chi connectivity index (χ2n) is 4.53. The van der Waals surface area contributed by atoms with Crippen LogP contribution in [0.25, 0.3) is 0 Å². The highest BCUT2D eigenvalue weighted by Crippen LogP contribution is 2.15. The van der Waals surface area contributed by atoms with E-state index in [4.69, 9.17) is 11.1 Å². The number of anilines is 1. The summed E-state index contributed by atoms with van der Waals surface area (Å²) >= 11 is 0. The van der Waals surface area contributed by atoms with Gasteiger partial charge in [-0.3, -0.25) is 10.3 Å². The topological polar surface area (TPSA) is 77.5 Å². The van der Waals surface area contributed by atoms with Crippen LogP contribution in [0.5, 0.6) is 0 Å². The summed E-state index contributed by atoms with van der Waals surface area (Å²) in [5.41, 5.74) is 9.08. The monoisotopic (exact) mass is 245 g/mol. The zero-order valence-electron chi connectivity index (χ0n) is 10.6. The van der Waals surface area contributed by atoms with E-state index in [0.29, 0.717) is 0 Å². The minimum atomic E-state index is 0.763. The molecule has 1 aromatic carbocycles. The molecule has 0 amide bonds. The SMILES string of the molecule is Cc1cc(N)ccc1CN1CCN/C(=N\C=N)C1. The fourth-order valence-corrected chi connectivity index (χ4v) is 2.14. The normalized spacial score (nSPS) is 18.6. The zero-order valence-corrected chi connectivity index (χ0v) is 10.6. The van der Waals surface area contributed by atoms with Crippen LogP contribution in [-0.2, 0) is 6.54 Å². The maximum atomic E-state index is 7.00. The van der Waals surface area contributed by atoms with Crippen molar-refractivity contribution in [3.05, 3.63) is 29.3 Å². The van der Waals surface area contributed by atoms with E-state index in [1.165, 1.54) is 11.1 Å². The Bertz CT molecular complexity index is 466. The van der Waals surface area contributed by atoms with E-state index in [1.807, 2.05) is 12.1 Å². The molecule has 0 aromatic heterocycles. The molecular formula is C13H19N5. The van der Waals surface area contributed by atoms with Crippen LogP contribution < -0.4 is 11.1 Å². The molecule has 96 valence electrons. The first-order valence-corrected chi connectivity index (χ1v) is 6.06. The minimum Gasteiger partial charge on any atom is -0.399 e. The van der Waals surface area contributed by atoms with Crippen molar-refractivity contribution in [3.8, 4) is 0 Å². The van der Waals surface area contributed by atoms with Crippen LogP contribution in [0, 0.1) is 12.3 Å². The molecule has 1 aliphatic heterocycles. The summed E-state index contributed by atoms with van der Waals surface area (Å²) in [6.45, 7) is 5.60. The van der Waals surface area contributed by atoms with Crippen molar-refractivity contribution in [3.63, 3.8) is 0 Å². The van der Waals surface area contributed by atoms with Gasteiger partial charge < -0.3 is 11.1 Å². The lowest BCUT2D eigenvalue weighted by Crippen LogP contribution is -2.47. The number of aliphatic imine (C=N–C) groups is 1. The summed E-state index contributed by atoms with van der Waals surface area (Å²) < 4.78 is 0. The standard InChI is InChI=1S/C13H19N5/c1-10-6-12(15)3-2-11(10)7-18-5-4-16-13(8-18)17-9-14/h2-3,6,9H,4-5,7-8,15H2,1H3,(H2,14,16,17). The number of amidine groups is 1. The largest absolute Gasteiger partial charge is 0.399 e. The van der Waals surface area contributed by atoms with Gasteiger partial charge in [0.05, 0.1) is 6.54 Å². The van der Waals surface area contributed by atoms with Crippen molar-refractivity contribution in [2.75, 3.05) is 25.4 Å². The molecule has 2 rings (SSSR count). The van der Waals surface area contributed by atoms with Crippen LogP contribution in [0.4, 0.5) is 5.69 Å². The number of nitrogens with one attached hydrogen (secondary N) is 2. The molecule has 5 nitrogen and oxygen atoms in total. The second-order valence-corrected chi connectivity index (χ2v) is 4.53. The molecule has 1 aromatic rings. The number of hydrogen-bond donors (Lipinski definition) is 3. The highest BCUT2D eigenvalue weighted by Gasteiger charge is 2.15. The van der Waals surface area contributed by atoms with E-state index in [9.17, 15) is 0 Å². The van der Waals surface area contributed by atoms with Gasteiger partial charge in [-0.1, -0.05) is 6.07 Å². The first kappa shape index (κ1) is 12.6. The fraction of sp³-hybridized carbons (Fsp3) is 0.385. The number of rotatable bonds is 3. The quantitative estimate of drug-likeness (QED) is 0.422. The molecule has 0 spiro atoms. The number of nitrogens with zero attached hydrogens (tertiary/aromatic N) is 2. The summed E-state index contributed by atoms with van der Waals surface area (Å²) in [7, 11) is 0. The van der Waals surface area contributed by atoms with Gasteiger partial charge in [0.15, 0.2) is 0 Å². The van der Waals surface area contributed by atoms with Gasteiger partial charge in [-0.15, -0.1) is 0 Å². The van der Waals surface area contributed by atoms with Gasteiger partial charge in [0.25, 0.3) is 0 Å². The molecule has 0 unspecified atom stereocenters. The predicted octanol–water partition coefficient (Wildman–Crippen LogP) is 0.988. The number of benzene rings is 1. The number of hydrogen-bond acceptors (Lipinski definition) is 3. The van der Waals surface area contributed by atoms with Gasteiger partial charge in [-0.2, -0.15) is 0 Å². The molecule has 0 bridgehead atoms. The van der Waals surface area contributed by atoms with Crippen LogP contribution in [0.3, 0.4) is 0 Å². The Hall–Kier alpha value is -1.88. The Labute approximate surface area is 107 Å². The molecule has 0 atom stereocenters. The van der Waals surface area contributed by atoms with Gasteiger partial charge in [0, 0.05) is 25.3 Å². The number of aryl methyl sites for hydroxylation is 1. The van der Waals surface area contributed by atoms with E-state index in [1.54, 1.807) is 0 Å². The minimum absolute atomic E-state index is 0.763. The predicted molar refractivity (Wildman–Crippen MR) is 75.1 cm³/mol. The Balaban J connectivity index is 2.04. The molecule has 1 aliphatic rings. The van der Waals surface area contributed by atoms with Gasteiger partial charge >= 0.3 is 0 Å². The highest BCUT2D eigenvalue weighted by atomic mass is 15.2. The van der Waals surface area contributed by atoms with Crippen LogP contribution in [-0.4, -0.2) is 36.7 Å². The molecule has 1 saturated heterocycles. The van der Waals surface area contributed by atoms with Gasteiger partial charge in [0.1, 0.15) is 12.2 Å². The third-order valence-electron chi connectivity index (χ3n) is 3.11. The molecule has 5 heteroatoms. The van der Waals surface area contributed by atoms with E-state index >= 15 is 0 Å². The Kier molecular flexibility index (Phi) is 3.94. The molecule has 0 saturated carbocycles. The zero-order chi connectivity index (χ0) is 13.0. The van der Waals surface area contributed by atoms with Crippen LogP contribution in [0.1, 0.15) is 11.1 Å². The van der Waals surface area contributed by atoms with Crippen molar-refractivity contribution in [2.24, 2.45) is 4.99 Å². The Morgan fingerprint density at radius 1 is 1.56 bits per heavy atom. The first-order chi connectivity index (χ1) is 8.69. The molecule has 18 heavy (non-hydrogen) atoms. The smallest absolute Gasteiger partial charge is 0.118 e. The van der Waals surface area contributed by atoms with Crippen molar-refractivity contribution in [2.45, 2.75) is 13.5 Å². The van der Waals surface area contributed by atoms with Crippen molar-refractivity contribution in [1.29, 1.82) is 5.41 Å². The maximum Gasteiger partial charge on any atom is 0.118 e. The van der Waals surface area contributed by atoms with Crippen molar-refractivity contribution >= 4 is 17.9 Å². The molecular weight excluding hydrogens is 226 g/mol. The average Bonchev–Trinajstić information content (AvgIpc) is 2.34. The molecule has 4 N–H and O–H groups in total. The molecule has 1 fully saturated rings. The van der Waals surface area contributed by atoms with Crippen molar-refractivity contribution < 1.29 is 0 Å². The second kappa shape index (κ2) is 5.64. The summed E-state index contributed by atoms with van der Waals surface area (Å²) in [6, 6.07) is 6.03. The van der Waals surface area contributed by atoms with Crippen LogP contribution >= 0.6 is 0 Å². The van der Waals surface area contributed by atoms with E-state index in [2.05, 4.69) is 28.2 Å². The molecule has 1 heterocycles. The highest BCUT2D eigenvalue weighted by molar-refractivity contribution is 5.90. The lowest BCUT2D eigenvalue weighted by molar-refractivity contribution is 0.287. The van der Waals surface area contributed by atoms with Gasteiger partial charge in [-0.05, 0) is 30.2 Å². The lowest BCUT2D eigenvalue weighted by Gasteiger charge is -2.29. The number of piperazine rings is 1. The van der Waals surface area contributed by atoms with Crippen molar-refractivity contribution in [1.82, 2.24) is 10.2 Å². The Morgan fingerprint density at radius 2 is 2.39 bits per heavy atom. The summed E-state index contributed by atoms with van der Waals surface area (Å²) in [5.74, 6) is 0.865. The third-order valence-corrected chi connectivity index (χ3v) is 3.11. The fourth-order valence-electron chi connectivity index (χ4n) is 2.14. The third kappa shape index (κ3) is 3.07. The first-order valence-electron chi connectivity index (χ1n) is 6.06. The summed E-state index contributed by atoms with van der Waals surface area (Å²) in [5, 5.41) is 10.2. The number of nitrogens with two attached hydrogens (primary N) is 1. The van der Waals surface area contributed by atoms with Crippen LogP contribution in [0.15, 0.2) is 23.2 Å².